The van der Waals surface area contributed by atoms with Crippen molar-refractivity contribution in [3.8, 4) is 0 Å². The smallest absolute Gasteiger partial charge is 0.246 e. The fraction of sp³-hybridized carbons (Fsp3) is 0.625. The SMILES string of the molecule is CCn1c(C2CCCN(C(=O)C=Cc3cc(C)n(C4CCCCC4)c3C)C2)n[nH]c1=S. The van der Waals surface area contributed by atoms with E-state index in [9.17, 15) is 4.79 Å². The fourth-order valence-corrected chi connectivity index (χ4v) is 5.74. The monoisotopic (exact) mass is 441 g/mol. The number of carbonyl (C=O) groups excluding carboxylic acids is 1. The summed E-state index contributed by atoms with van der Waals surface area (Å²) in [5.41, 5.74) is 3.75. The molecule has 0 spiro atoms. The topological polar surface area (TPSA) is 58.9 Å². The number of aromatic amines is 1. The van der Waals surface area contributed by atoms with Crippen molar-refractivity contribution >= 4 is 24.2 Å². The fourth-order valence-electron chi connectivity index (χ4n) is 5.47. The van der Waals surface area contributed by atoms with E-state index in [0.717, 1.165) is 37.3 Å². The molecule has 1 aliphatic heterocycles. The molecule has 6 nitrogen and oxygen atoms in total. The molecule has 31 heavy (non-hydrogen) atoms. The van der Waals surface area contributed by atoms with Gasteiger partial charge in [-0.25, -0.2) is 0 Å². The third-order valence-corrected chi connectivity index (χ3v) is 7.38. The Bertz CT molecular complexity index is 1010. The van der Waals surface area contributed by atoms with Gasteiger partial charge in [-0.3, -0.25) is 9.89 Å². The Kier molecular flexibility index (Phi) is 6.80. The minimum atomic E-state index is 0.0874. The van der Waals surface area contributed by atoms with Gasteiger partial charge in [0.15, 0.2) is 4.77 Å². The summed E-state index contributed by atoms with van der Waals surface area (Å²) in [6.45, 7) is 8.76. The number of carbonyl (C=O) groups is 1. The highest BCUT2D eigenvalue weighted by Crippen LogP contribution is 2.32. The van der Waals surface area contributed by atoms with Crippen molar-refractivity contribution in [1.82, 2.24) is 24.2 Å². The Morgan fingerprint density at radius 2 is 2.00 bits per heavy atom. The number of nitrogens with one attached hydrogen (secondary N) is 1. The van der Waals surface area contributed by atoms with Crippen LogP contribution in [0.3, 0.4) is 0 Å². The minimum Gasteiger partial charge on any atom is -0.346 e. The number of amides is 1. The van der Waals surface area contributed by atoms with Crippen LogP contribution in [0.15, 0.2) is 12.1 Å². The van der Waals surface area contributed by atoms with Gasteiger partial charge in [0.05, 0.1) is 0 Å². The lowest BCUT2D eigenvalue weighted by Crippen LogP contribution is -2.38. The Morgan fingerprint density at radius 1 is 1.23 bits per heavy atom. The Hall–Kier alpha value is -2.15. The second-order valence-electron chi connectivity index (χ2n) is 9.08. The van der Waals surface area contributed by atoms with E-state index in [2.05, 4.69) is 41.6 Å². The number of aromatic nitrogens is 4. The molecule has 1 saturated carbocycles. The highest BCUT2D eigenvalue weighted by atomic mass is 32.1. The molecular formula is C24H35N5OS. The quantitative estimate of drug-likeness (QED) is 0.506. The summed E-state index contributed by atoms with van der Waals surface area (Å²) in [5.74, 6) is 1.30. The van der Waals surface area contributed by atoms with Crippen LogP contribution in [0.5, 0.6) is 0 Å². The van der Waals surface area contributed by atoms with Crippen LogP contribution in [-0.2, 0) is 11.3 Å². The molecule has 1 saturated heterocycles. The van der Waals surface area contributed by atoms with E-state index < -0.39 is 0 Å². The van der Waals surface area contributed by atoms with Crippen molar-refractivity contribution in [2.24, 2.45) is 0 Å². The molecule has 3 heterocycles. The van der Waals surface area contributed by atoms with Gasteiger partial charge in [-0.15, -0.1) is 0 Å². The van der Waals surface area contributed by atoms with Crippen LogP contribution >= 0.6 is 12.2 Å². The summed E-state index contributed by atoms with van der Waals surface area (Å²) in [7, 11) is 0. The van der Waals surface area contributed by atoms with E-state index in [1.165, 1.54) is 43.5 Å². The second-order valence-corrected chi connectivity index (χ2v) is 9.46. The molecule has 0 aromatic carbocycles. The van der Waals surface area contributed by atoms with Gasteiger partial charge in [-0.1, -0.05) is 19.3 Å². The second kappa shape index (κ2) is 9.55. The lowest BCUT2D eigenvalue weighted by Gasteiger charge is -2.31. The van der Waals surface area contributed by atoms with Crippen LogP contribution in [0.2, 0.25) is 0 Å². The van der Waals surface area contributed by atoms with E-state index in [-0.39, 0.29) is 11.8 Å². The molecule has 1 unspecified atom stereocenters. The van der Waals surface area contributed by atoms with Gasteiger partial charge in [0.1, 0.15) is 5.82 Å². The number of nitrogens with zero attached hydrogens (tertiary/aromatic N) is 4. The molecule has 0 bridgehead atoms. The first-order chi connectivity index (χ1) is 15.0. The van der Waals surface area contributed by atoms with Crippen molar-refractivity contribution in [3.05, 3.63) is 39.7 Å². The van der Waals surface area contributed by atoms with Crippen LogP contribution in [-0.4, -0.2) is 43.2 Å². The van der Waals surface area contributed by atoms with E-state index in [1.807, 2.05) is 15.5 Å². The maximum atomic E-state index is 13.0. The summed E-state index contributed by atoms with van der Waals surface area (Å²) in [4.78, 5) is 15.0. The molecule has 4 rings (SSSR count). The molecule has 1 atom stereocenters. The first-order valence-electron chi connectivity index (χ1n) is 11.8. The van der Waals surface area contributed by atoms with Crippen LogP contribution in [0.4, 0.5) is 0 Å². The van der Waals surface area contributed by atoms with Crippen molar-refractivity contribution in [2.45, 2.75) is 84.2 Å². The predicted molar refractivity (Wildman–Crippen MR) is 127 cm³/mol. The minimum absolute atomic E-state index is 0.0874. The number of H-pyrrole nitrogens is 1. The Balaban J connectivity index is 1.46. The maximum absolute atomic E-state index is 13.0. The molecule has 0 radical (unpaired) electrons. The molecule has 1 aliphatic carbocycles. The number of aryl methyl sites for hydroxylation is 1. The van der Waals surface area contributed by atoms with Gasteiger partial charge in [-0.2, -0.15) is 5.10 Å². The van der Waals surface area contributed by atoms with Gasteiger partial charge in [0.2, 0.25) is 5.91 Å². The number of rotatable bonds is 5. The third kappa shape index (κ3) is 4.56. The normalized spacial score (nSPS) is 20.6. The van der Waals surface area contributed by atoms with Gasteiger partial charge in [0, 0.05) is 49.1 Å². The highest BCUT2D eigenvalue weighted by Gasteiger charge is 2.27. The van der Waals surface area contributed by atoms with Crippen molar-refractivity contribution < 1.29 is 4.79 Å². The first-order valence-corrected chi connectivity index (χ1v) is 12.2. The van der Waals surface area contributed by atoms with Gasteiger partial charge >= 0.3 is 0 Å². The summed E-state index contributed by atoms with van der Waals surface area (Å²) in [6, 6.07) is 2.84. The molecule has 7 heteroatoms. The van der Waals surface area contributed by atoms with Crippen molar-refractivity contribution in [1.29, 1.82) is 0 Å². The number of piperidine rings is 1. The van der Waals surface area contributed by atoms with E-state index in [4.69, 9.17) is 12.2 Å². The van der Waals surface area contributed by atoms with Crippen molar-refractivity contribution in [2.75, 3.05) is 13.1 Å². The van der Waals surface area contributed by atoms with Crippen LogP contribution < -0.4 is 0 Å². The predicted octanol–water partition coefficient (Wildman–Crippen LogP) is 5.30. The standard InChI is InChI=1S/C24H35N5OS/c1-4-28-23(25-26-24(28)31)20-9-8-14-27(16-20)22(30)13-12-19-15-17(2)29(18(19)3)21-10-6-5-7-11-21/h12-13,15,20-21H,4-11,14,16H2,1-3H3,(H,26,31). The lowest BCUT2D eigenvalue weighted by atomic mass is 9.95. The van der Waals surface area contributed by atoms with Gasteiger partial charge in [-0.05, 0) is 76.4 Å². The number of hydrogen-bond acceptors (Lipinski definition) is 3. The zero-order chi connectivity index (χ0) is 22.0. The van der Waals surface area contributed by atoms with Gasteiger partial charge < -0.3 is 14.0 Å². The average Bonchev–Trinajstić information content (AvgIpc) is 3.30. The first kappa shape index (κ1) is 22.1. The van der Waals surface area contributed by atoms with E-state index in [1.54, 1.807) is 6.08 Å². The Labute approximate surface area is 190 Å². The van der Waals surface area contributed by atoms with Crippen LogP contribution in [0.1, 0.15) is 86.6 Å². The molecule has 2 aliphatic rings. The van der Waals surface area contributed by atoms with Crippen molar-refractivity contribution in [3.63, 3.8) is 0 Å². The zero-order valence-corrected chi connectivity index (χ0v) is 19.9. The van der Waals surface area contributed by atoms with E-state index in [0.29, 0.717) is 17.4 Å². The summed E-state index contributed by atoms with van der Waals surface area (Å²) in [5, 5.41) is 7.37. The zero-order valence-electron chi connectivity index (χ0n) is 19.1. The lowest BCUT2D eigenvalue weighted by molar-refractivity contribution is -0.127. The maximum Gasteiger partial charge on any atom is 0.246 e. The van der Waals surface area contributed by atoms with Crippen LogP contribution in [0, 0.1) is 18.6 Å². The molecular weight excluding hydrogens is 406 g/mol. The molecule has 2 aromatic heterocycles. The molecule has 1 amide bonds. The summed E-state index contributed by atoms with van der Waals surface area (Å²) in [6.07, 6.45) is 12.3. The number of likely N-dealkylation sites (tertiary alicyclic amines) is 1. The summed E-state index contributed by atoms with van der Waals surface area (Å²) < 4.78 is 5.20. The molecule has 1 N–H and O–H groups in total. The molecule has 168 valence electrons. The summed E-state index contributed by atoms with van der Waals surface area (Å²) >= 11 is 5.34. The van der Waals surface area contributed by atoms with E-state index >= 15 is 0 Å². The molecule has 2 aromatic rings. The van der Waals surface area contributed by atoms with Crippen LogP contribution in [0.25, 0.3) is 6.08 Å². The molecule has 2 fully saturated rings. The number of hydrogen-bond donors (Lipinski definition) is 1. The Morgan fingerprint density at radius 3 is 2.74 bits per heavy atom. The highest BCUT2D eigenvalue weighted by molar-refractivity contribution is 7.71. The third-order valence-electron chi connectivity index (χ3n) is 7.07. The average molecular weight is 442 g/mol. The van der Waals surface area contributed by atoms with Gasteiger partial charge in [0.25, 0.3) is 0 Å². The largest absolute Gasteiger partial charge is 0.346 e.